The summed E-state index contributed by atoms with van der Waals surface area (Å²) in [6.07, 6.45) is 12.7. The van der Waals surface area contributed by atoms with Crippen LogP contribution in [0.25, 0.3) is 0 Å². The van der Waals surface area contributed by atoms with Crippen LogP contribution in [0.3, 0.4) is 0 Å². The number of allylic oxidation sites excluding steroid dienone is 2. The third kappa shape index (κ3) is 1.62. The van der Waals surface area contributed by atoms with Crippen LogP contribution >= 0.6 is 0 Å². The first-order chi connectivity index (χ1) is 4.95. The zero-order valence-corrected chi connectivity index (χ0v) is 6.60. The van der Waals surface area contributed by atoms with Crippen LogP contribution in [0.1, 0.15) is 44.9 Å². The summed E-state index contributed by atoms with van der Waals surface area (Å²) in [5.41, 5.74) is 1.73. The summed E-state index contributed by atoms with van der Waals surface area (Å²) in [5.74, 6) is 1.10. The molecule has 1 saturated carbocycles. The lowest BCUT2D eigenvalue weighted by Crippen LogP contribution is -1.91. The lowest BCUT2D eigenvalue weighted by molar-refractivity contribution is 0.505. The molecule has 0 nitrogen and oxygen atoms in total. The van der Waals surface area contributed by atoms with E-state index in [1.54, 1.807) is 5.57 Å². The predicted molar refractivity (Wildman–Crippen MR) is 43.9 cm³/mol. The summed E-state index contributed by atoms with van der Waals surface area (Å²) in [6, 6.07) is 0. The molecule has 1 fully saturated rings. The van der Waals surface area contributed by atoms with E-state index in [0.717, 1.165) is 5.92 Å². The molecule has 0 aliphatic heterocycles. The highest BCUT2D eigenvalue weighted by molar-refractivity contribution is 5.21. The predicted octanol–water partition coefficient (Wildman–Crippen LogP) is 3.29. The van der Waals surface area contributed by atoms with E-state index in [1.807, 2.05) is 0 Å². The van der Waals surface area contributed by atoms with E-state index in [0.29, 0.717) is 0 Å². The molecule has 0 radical (unpaired) electrons. The average Bonchev–Trinajstić information content (AvgIpc) is 2.63. The molecule has 0 amide bonds. The molecule has 0 bridgehead atoms. The summed E-state index contributed by atoms with van der Waals surface area (Å²) < 4.78 is 0. The normalized spacial score (nSPS) is 25.0. The molecule has 0 N–H and O–H groups in total. The zero-order chi connectivity index (χ0) is 6.81. The lowest BCUT2D eigenvalue weighted by Gasteiger charge is -2.05. The van der Waals surface area contributed by atoms with Gasteiger partial charge < -0.3 is 0 Å². The molecular formula is C10H16. The van der Waals surface area contributed by atoms with Crippen LogP contribution < -0.4 is 0 Å². The maximum Gasteiger partial charge on any atom is -0.0136 e. The van der Waals surface area contributed by atoms with Gasteiger partial charge >= 0.3 is 0 Å². The molecule has 2 aliphatic carbocycles. The van der Waals surface area contributed by atoms with Crippen molar-refractivity contribution in [1.82, 2.24) is 0 Å². The van der Waals surface area contributed by atoms with Crippen molar-refractivity contribution in [2.45, 2.75) is 44.9 Å². The monoisotopic (exact) mass is 136 g/mol. The first kappa shape index (κ1) is 6.45. The van der Waals surface area contributed by atoms with Gasteiger partial charge in [-0.25, -0.2) is 0 Å². The van der Waals surface area contributed by atoms with E-state index in [-0.39, 0.29) is 0 Å². The Morgan fingerprint density at radius 2 is 2.00 bits per heavy atom. The van der Waals surface area contributed by atoms with E-state index < -0.39 is 0 Å². The Hall–Kier alpha value is -0.260. The molecule has 0 heterocycles. The topological polar surface area (TPSA) is 0 Å². The fourth-order valence-electron chi connectivity index (χ4n) is 1.96. The van der Waals surface area contributed by atoms with Crippen LogP contribution in [0, 0.1) is 5.92 Å². The highest BCUT2D eigenvalue weighted by atomic mass is 14.2. The van der Waals surface area contributed by atoms with Gasteiger partial charge in [0, 0.05) is 0 Å². The standard InChI is InChI=1S/C10H16/c1-2-4-9(3-1)5-6-10-7-8-10/h7,9H,1-6,8H2. The van der Waals surface area contributed by atoms with Gasteiger partial charge in [0.25, 0.3) is 0 Å². The molecule has 0 aromatic heterocycles. The van der Waals surface area contributed by atoms with Crippen molar-refractivity contribution in [2.24, 2.45) is 5.92 Å². The quantitative estimate of drug-likeness (QED) is 0.522. The highest BCUT2D eigenvalue weighted by Gasteiger charge is 2.16. The number of hydrogen-bond donors (Lipinski definition) is 0. The largest absolute Gasteiger partial charge is 0.0810 e. The van der Waals surface area contributed by atoms with Crippen LogP contribution in [0.5, 0.6) is 0 Å². The molecule has 0 unspecified atom stereocenters. The minimum atomic E-state index is 1.10. The maximum atomic E-state index is 2.37. The molecule has 2 aliphatic rings. The average molecular weight is 136 g/mol. The van der Waals surface area contributed by atoms with Gasteiger partial charge in [0.15, 0.2) is 0 Å². The summed E-state index contributed by atoms with van der Waals surface area (Å²) >= 11 is 0. The van der Waals surface area contributed by atoms with Gasteiger partial charge in [-0.1, -0.05) is 37.3 Å². The van der Waals surface area contributed by atoms with Crippen molar-refractivity contribution < 1.29 is 0 Å². The van der Waals surface area contributed by atoms with Crippen molar-refractivity contribution in [3.63, 3.8) is 0 Å². The summed E-state index contributed by atoms with van der Waals surface area (Å²) in [4.78, 5) is 0. The molecule has 0 atom stereocenters. The fourth-order valence-corrected chi connectivity index (χ4v) is 1.96. The summed E-state index contributed by atoms with van der Waals surface area (Å²) in [7, 11) is 0. The van der Waals surface area contributed by atoms with Crippen molar-refractivity contribution in [3.05, 3.63) is 11.6 Å². The van der Waals surface area contributed by atoms with Crippen molar-refractivity contribution in [1.29, 1.82) is 0 Å². The van der Waals surface area contributed by atoms with Gasteiger partial charge in [-0.05, 0) is 25.2 Å². The molecule has 10 heavy (non-hydrogen) atoms. The molecule has 0 saturated heterocycles. The second-order valence-electron chi connectivity index (χ2n) is 3.76. The van der Waals surface area contributed by atoms with E-state index in [4.69, 9.17) is 0 Å². The van der Waals surface area contributed by atoms with Crippen LogP contribution in [-0.2, 0) is 0 Å². The Morgan fingerprint density at radius 3 is 2.60 bits per heavy atom. The molecule has 56 valence electrons. The molecule has 2 rings (SSSR count). The molecule has 0 spiro atoms. The SMILES string of the molecule is C1=C(CCC2CCCC2)C1. The van der Waals surface area contributed by atoms with E-state index in [9.17, 15) is 0 Å². The second-order valence-corrected chi connectivity index (χ2v) is 3.76. The Morgan fingerprint density at radius 1 is 1.30 bits per heavy atom. The summed E-state index contributed by atoms with van der Waals surface area (Å²) in [5, 5.41) is 0. The minimum absolute atomic E-state index is 1.10. The molecule has 0 aromatic rings. The van der Waals surface area contributed by atoms with Gasteiger partial charge in [0.05, 0.1) is 0 Å². The number of hydrogen-bond acceptors (Lipinski definition) is 0. The molecular weight excluding hydrogens is 120 g/mol. The minimum Gasteiger partial charge on any atom is -0.0810 e. The smallest absolute Gasteiger partial charge is 0.0136 e. The van der Waals surface area contributed by atoms with E-state index in [2.05, 4.69) is 6.08 Å². The highest BCUT2D eigenvalue weighted by Crippen LogP contribution is 2.33. The first-order valence-electron chi connectivity index (χ1n) is 4.63. The first-order valence-corrected chi connectivity index (χ1v) is 4.63. The lowest BCUT2D eigenvalue weighted by atomic mass is 10.0. The zero-order valence-electron chi connectivity index (χ0n) is 6.60. The third-order valence-electron chi connectivity index (χ3n) is 2.84. The third-order valence-corrected chi connectivity index (χ3v) is 2.84. The van der Waals surface area contributed by atoms with Crippen molar-refractivity contribution in [3.8, 4) is 0 Å². The van der Waals surface area contributed by atoms with Gasteiger partial charge in [-0.15, -0.1) is 0 Å². The Labute approximate surface area is 63.3 Å². The second kappa shape index (κ2) is 2.77. The van der Waals surface area contributed by atoms with Gasteiger partial charge in [0.1, 0.15) is 0 Å². The maximum absolute atomic E-state index is 2.37. The van der Waals surface area contributed by atoms with Gasteiger partial charge in [-0.2, -0.15) is 0 Å². The van der Waals surface area contributed by atoms with Crippen molar-refractivity contribution >= 4 is 0 Å². The molecule has 0 aromatic carbocycles. The van der Waals surface area contributed by atoms with Crippen LogP contribution in [-0.4, -0.2) is 0 Å². The van der Waals surface area contributed by atoms with Crippen molar-refractivity contribution in [2.75, 3.05) is 0 Å². The van der Waals surface area contributed by atoms with Crippen LogP contribution in [0.15, 0.2) is 11.6 Å². The number of rotatable bonds is 3. The fraction of sp³-hybridized carbons (Fsp3) is 0.800. The Balaban J connectivity index is 1.64. The Bertz CT molecular complexity index is 138. The molecule has 0 heteroatoms. The van der Waals surface area contributed by atoms with Crippen LogP contribution in [0.2, 0.25) is 0 Å². The van der Waals surface area contributed by atoms with E-state index >= 15 is 0 Å². The van der Waals surface area contributed by atoms with Gasteiger partial charge in [-0.3, -0.25) is 0 Å². The van der Waals surface area contributed by atoms with E-state index in [1.165, 1.54) is 44.9 Å². The van der Waals surface area contributed by atoms with Gasteiger partial charge in [0.2, 0.25) is 0 Å². The Kier molecular flexibility index (Phi) is 1.79. The van der Waals surface area contributed by atoms with Crippen LogP contribution in [0.4, 0.5) is 0 Å². The summed E-state index contributed by atoms with van der Waals surface area (Å²) in [6.45, 7) is 0.